The lowest BCUT2D eigenvalue weighted by molar-refractivity contribution is -0.134. The van der Waals surface area contributed by atoms with Crippen LogP contribution in [0.1, 0.15) is 23.6 Å². The van der Waals surface area contributed by atoms with Crippen molar-refractivity contribution < 1.29 is 33.4 Å². The molecule has 0 aliphatic carbocycles. The molecular formula is C32H43ClN6O7. The average Bonchev–Trinajstić information content (AvgIpc) is 3.06. The van der Waals surface area contributed by atoms with Gasteiger partial charge in [0, 0.05) is 32.6 Å². The van der Waals surface area contributed by atoms with Gasteiger partial charge in [0.15, 0.2) is 0 Å². The van der Waals surface area contributed by atoms with Crippen molar-refractivity contribution in [1.29, 1.82) is 0 Å². The number of carbonyl (C=O) groups is 5. The van der Waals surface area contributed by atoms with Crippen LogP contribution in [0.3, 0.4) is 0 Å². The van der Waals surface area contributed by atoms with Crippen LogP contribution in [-0.4, -0.2) is 105 Å². The van der Waals surface area contributed by atoms with Gasteiger partial charge in [-0.3, -0.25) is 28.9 Å². The first-order valence-electron chi connectivity index (χ1n) is 15.1. The van der Waals surface area contributed by atoms with Crippen LogP contribution in [0.25, 0.3) is 0 Å². The van der Waals surface area contributed by atoms with E-state index in [1.54, 1.807) is 31.4 Å². The second-order valence-corrected chi connectivity index (χ2v) is 11.3. The number of nitrogens with zero attached hydrogens (tertiary/aromatic N) is 1. The number of carbonyl (C=O) groups excluding carboxylic acids is 5. The molecule has 2 aromatic rings. The van der Waals surface area contributed by atoms with Crippen molar-refractivity contribution in [2.45, 2.75) is 44.9 Å². The summed E-state index contributed by atoms with van der Waals surface area (Å²) in [6, 6.07) is 11.6. The number of hydrogen-bond acceptors (Lipinski definition) is 8. The molecule has 14 heteroatoms. The molecule has 1 aliphatic rings. The first-order valence-corrected chi connectivity index (χ1v) is 15.6. The smallest absolute Gasteiger partial charge is 0.245 e. The summed E-state index contributed by atoms with van der Waals surface area (Å²) in [5, 5.41) is 13.3. The summed E-state index contributed by atoms with van der Waals surface area (Å²) >= 11 is 5.58. The largest absolute Gasteiger partial charge is 0.497 e. The predicted octanol–water partition coefficient (Wildman–Crippen LogP) is 0.0240. The molecule has 5 N–H and O–H groups in total. The number of amides is 5. The van der Waals surface area contributed by atoms with E-state index in [0.29, 0.717) is 32.1 Å². The van der Waals surface area contributed by atoms with E-state index in [4.69, 9.17) is 21.1 Å². The Kier molecular flexibility index (Phi) is 14.7. The van der Waals surface area contributed by atoms with Crippen LogP contribution < -0.4 is 31.3 Å². The molecule has 1 heterocycles. The van der Waals surface area contributed by atoms with Crippen LogP contribution in [0.15, 0.2) is 48.5 Å². The van der Waals surface area contributed by atoms with Gasteiger partial charge in [0.2, 0.25) is 29.5 Å². The Morgan fingerprint density at radius 1 is 0.826 bits per heavy atom. The lowest BCUT2D eigenvalue weighted by Gasteiger charge is -2.27. The number of nitrogens with one attached hydrogen (secondary N) is 5. The van der Waals surface area contributed by atoms with Crippen molar-refractivity contribution in [1.82, 2.24) is 31.5 Å². The van der Waals surface area contributed by atoms with Gasteiger partial charge in [-0.2, -0.15) is 0 Å². The van der Waals surface area contributed by atoms with Crippen LogP contribution in [0.5, 0.6) is 5.75 Å². The van der Waals surface area contributed by atoms with E-state index >= 15 is 0 Å². The van der Waals surface area contributed by atoms with Crippen molar-refractivity contribution in [3.8, 4) is 5.75 Å². The first-order chi connectivity index (χ1) is 22.1. The van der Waals surface area contributed by atoms with Gasteiger partial charge in [0.1, 0.15) is 29.8 Å². The van der Waals surface area contributed by atoms with E-state index in [1.165, 1.54) is 6.92 Å². The molecule has 5 amide bonds. The molecular weight excluding hydrogens is 616 g/mol. The Labute approximate surface area is 274 Å². The minimum Gasteiger partial charge on any atom is -0.497 e. The number of aryl methyl sites for hydroxylation is 1. The molecule has 0 spiro atoms. The number of hydrogen-bond donors (Lipinski definition) is 5. The summed E-state index contributed by atoms with van der Waals surface area (Å²) in [5.74, 6) is -2.33. The maximum absolute atomic E-state index is 13.3. The number of morpholine rings is 1. The predicted molar refractivity (Wildman–Crippen MR) is 172 cm³/mol. The molecule has 2 aromatic carbocycles. The highest BCUT2D eigenvalue weighted by atomic mass is 35.5. The number of methoxy groups -OCH3 is 1. The molecule has 250 valence electrons. The molecule has 0 aromatic heterocycles. The van der Waals surface area contributed by atoms with E-state index in [1.807, 2.05) is 36.1 Å². The fraction of sp³-hybridized carbons (Fsp3) is 0.469. The van der Waals surface area contributed by atoms with Crippen molar-refractivity contribution in [3.05, 3.63) is 65.2 Å². The molecule has 0 unspecified atom stereocenters. The Morgan fingerprint density at radius 2 is 1.48 bits per heavy atom. The summed E-state index contributed by atoms with van der Waals surface area (Å²) < 4.78 is 10.5. The van der Waals surface area contributed by atoms with Crippen molar-refractivity contribution in [3.63, 3.8) is 0 Å². The normalized spacial score (nSPS) is 15.0. The molecule has 0 bridgehead atoms. The van der Waals surface area contributed by atoms with Gasteiger partial charge in [0.05, 0.1) is 26.9 Å². The van der Waals surface area contributed by atoms with Crippen LogP contribution in [0.4, 0.5) is 0 Å². The number of halogens is 1. The number of ether oxygens (including phenoxy) is 2. The quantitative estimate of drug-likeness (QED) is 0.158. The highest BCUT2D eigenvalue weighted by molar-refractivity contribution is 6.27. The van der Waals surface area contributed by atoms with Gasteiger partial charge in [-0.1, -0.05) is 42.0 Å². The van der Waals surface area contributed by atoms with E-state index in [2.05, 4.69) is 26.6 Å². The summed E-state index contributed by atoms with van der Waals surface area (Å²) in [6.45, 7) is 5.64. The summed E-state index contributed by atoms with van der Waals surface area (Å²) in [5.41, 5.74) is 2.78. The van der Waals surface area contributed by atoms with Crippen molar-refractivity contribution in [2.75, 3.05) is 52.4 Å². The third kappa shape index (κ3) is 12.3. The Bertz CT molecular complexity index is 1320. The minimum atomic E-state index is -1.18. The fourth-order valence-corrected chi connectivity index (χ4v) is 4.67. The highest BCUT2D eigenvalue weighted by Gasteiger charge is 2.28. The first kappa shape index (κ1) is 36.3. The maximum Gasteiger partial charge on any atom is 0.245 e. The Balaban J connectivity index is 1.66. The lowest BCUT2D eigenvalue weighted by Crippen LogP contribution is -2.59. The SMILES string of the molecule is COc1ccc(C[C@H](NC(=O)[C@H](C)NC(=O)[C@H](CNC(=O)CCl)NC(=O)CN2CCOCC2)C(=O)NCc2ccc(C)cc2)cc1. The summed E-state index contributed by atoms with van der Waals surface area (Å²) in [4.78, 5) is 66.2. The van der Waals surface area contributed by atoms with Crippen LogP contribution in [0.2, 0.25) is 0 Å². The molecule has 46 heavy (non-hydrogen) atoms. The van der Waals surface area contributed by atoms with E-state index in [0.717, 1.165) is 16.7 Å². The van der Waals surface area contributed by atoms with E-state index < -0.39 is 47.7 Å². The fourth-order valence-electron chi connectivity index (χ4n) is 4.58. The van der Waals surface area contributed by atoms with Crippen LogP contribution >= 0.6 is 11.6 Å². The zero-order valence-electron chi connectivity index (χ0n) is 26.4. The van der Waals surface area contributed by atoms with Gasteiger partial charge < -0.3 is 36.1 Å². The maximum atomic E-state index is 13.3. The average molecular weight is 659 g/mol. The number of rotatable bonds is 16. The van der Waals surface area contributed by atoms with Gasteiger partial charge in [-0.15, -0.1) is 11.6 Å². The zero-order valence-corrected chi connectivity index (χ0v) is 27.2. The second-order valence-electron chi connectivity index (χ2n) is 11.0. The highest BCUT2D eigenvalue weighted by Crippen LogP contribution is 2.13. The molecule has 1 fully saturated rings. The zero-order chi connectivity index (χ0) is 33.5. The molecule has 3 rings (SSSR count). The third-order valence-electron chi connectivity index (χ3n) is 7.32. The standard InChI is InChI=1S/C32H43ClN6O7/c1-21-4-6-24(7-5-21)18-35-31(43)26(16-23-8-10-25(45-3)11-9-23)38-30(42)22(2)36-32(44)27(19-34-28(40)17-33)37-29(41)20-39-12-14-46-15-13-39/h4-11,22,26-27H,12-20H2,1-3H3,(H,34,40)(H,35,43)(H,36,44)(H,37,41)(H,38,42)/t22-,26-,27-/m0/s1. The van der Waals surface area contributed by atoms with Crippen LogP contribution in [0, 0.1) is 6.92 Å². The molecule has 0 saturated carbocycles. The van der Waals surface area contributed by atoms with Gasteiger partial charge in [-0.25, -0.2) is 0 Å². The topological polar surface area (TPSA) is 167 Å². The van der Waals surface area contributed by atoms with Gasteiger partial charge in [-0.05, 0) is 37.1 Å². The van der Waals surface area contributed by atoms with Crippen molar-refractivity contribution in [2.24, 2.45) is 0 Å². The molecule has 13 nitrogen and oxygen atoms in total. The Morgan fingerprint density at radius 3 is 2.11 bits per heavy atom. The molecule has 0 radical (unpaired) electrons. The van der Waals surface area contributed by atoms with Gasteiger partial charge in [0.25, 0.3) is 0 Å². The monoisotopic (exact) mass is 658 g/mol. The second kappa shape index (κ2) is 18.7. The summed E-state index contributed by atoms with van der Waals surface area (Å²) in [7, 11) is 1.55. The number of benzene rings is 2. The van der Waals surface area contributed by atoms with Gasteiger partial charge >= 0.3 is 0 Å². The van der Waals surface area contributed by atoms with E-state index in [-0.39, 0.29) is 31.9 Å². The van der Waals surface area contributed by atoms with E-state index in [9.17, 15) is 24.0 Å². The number of alkyl halides is 1. The Hall–Kier alpha value is -4.20. The molecule has 1 aliphatic heterocycles. The van der Waals surface area contributed by atoms with Crippen molar-refractivity contribution >= 4 is 41.1 Å². The third-order valence-corrected chi connectivity index (χ3v) is 7.56. The molecule has 1 saturated heterocycles. The van der Waals surface area contributed by atoms with Crippen LogP contribution in [-0.2, 0) is 41.7 Å². The molecule has 3 atom stereocenters. The minimum absolute atomic E-state index is 0.0391. The summed E-state index contributed by atoms with van der Waals surface area (Å²) in [6.07, 6.45) is 0.181. The lowest BCUT2D eigenvalue weighted by atomic mass is 10.0.